The van der Waals surface area contributed by atoms with Gasteiger partial charge in [-0.1, -0.05) is 32.4 Å². The standard InChI is InChI=1S/C14H20FNO3/c1-4-9(2)12(14(18)19-3)16-8-10-6-5-7-11(15)13(10)17/h5-7,9,12,16-17H,4,8H2,1-3H3. The summed E-state index contributed by atoms with van der Waals surface area (Å²) in [6.07, 6.45) is 0.807. The Hall–Kier alpha value is -1.62. The number of hydrogen-bond donors (Lipinski definition) is 2. The van der Waals surface area contributed by atoms with Crippen LogP contribution in [0.25, 0.3) is 0 Å². The largest absolute Gasteiger partial charge is 0.505 e. The molecule has 0 amide bonds. The predicted molar refractivity (Wildman–Crippen MR) is 70.2 cm³/mol. The lowest BCUT2D eigenvalue weighted by molar-refractivity contribution is -0.144. The number of rotatable bonds is 6. The Bertz CT molecular complexity index is 437. The van der Waals surface area contributed by atoms with E-state index in [1.807, 2.05) is 13.8 Å². The van der Waals surface area contributed by atoms with Crippen LogP contribution in [0.15, 0.2) is 18.2 Å². The highest BCUT2D eigenvalue weighted by Gasteiger charge is 2.24. The summed E-state index contributed by atoms with van der Waals surface area (Å²) in [4.78, 5) is 11.7. The van der Waals surface area contributed by atoms with Crippen molar-refractivity contribution in [3.05, 3.63) is 29.6 Å². The second-order valence-electron chi connectivity index (χ2n) is 4.51. The molecule has 0 heterocycles. The summed E-state index contributed by atoms with van der Waals surface area (Å²) in [5, 5.41) is 12.6. The fourth-order valence-electron chi connectivity index (χ4n) is 1.80. The fraction of sp³-hybridized carbons (Fsp3) is 0.500. The lowest BCUT2D eigenvalue weighted by atomic mass is 9.99. The molecular formula is C14H20FNO3. The highest BCUT2D eigenvalue weighted by atomic mass is 19.1. The summed E-state index contributed by atoms with van der Waals surface area (Å²) in [6, 6.07) is 3.84. The SMILES string of the molecule is CCC(C)C(NCc1cccc(F)c1O)C(=O)OC. The second-order valence-corrected chi connectivity index (χ2v) is 4.51. The molecule has 2 N–H and O–H groups in total. The van der Waals surface area contributed by atoms with Gasteiger partial charge in [-0.3, -0.25) is 10.1 Å². The lowest BCUT2D eigenvalue weighted by Crippen LogP contribution is -2.42. The van der Waals surface area contributed by atoms with E-state index >= 15 is 0 Å². The van der Waals surface area contributed by atoms with E-state index in [-0.39, 0.29) is 24.2 Å². The molecule has 0 spiro atoms. The Morgan fingerprint density at radius 3 is 2.79 bits per heavy atom. The molecule has 19 heavy (non-hydrogen) atoms. The zero-order valence-electron chi connectivity index (χ0n) is 11.4. The minimum atomic E-state index is -0.669. The summed E-state index contributed by atoms with van der Waals surface area (Å²) in [7, 11) is 1.33. The van der Waals surface area contributed by atoms with Crippen LogP contribution in [-0.4, -0.2) is 24.2 Å². The molecule has 4 nitrogen and oxygen atoms in total. The van der Waals surface area contributed by atoms with E-state index in [1.165, 1.54) is 19.2 Å². The number of ether oxygens (including phenoxy) is 1. The number of methoxy groups -OCH3 is 1. The van der Waals surface area contributed by atoms with Crippen LogP contribution in [0.5, 0.6) is 5.75 Å². The molecule has 0 radical (unpaired) electrons. The van der Waals surface area contributed by atoms with Crippen LogP contribution in [-0.2, 0) is 16.1 Å². The maximum absolute atomic E-state index is 13.2. The topological polar surface area (TPSA) is 58.6 Å². The zero-order valence-corrected chi connectivity index (χ0v) is 11.4. The normalized spacial score (nSPS) is 13.9. The van der Waals surface area contributed by atoms with Gasteiger partial charge < -0.3 is 9.84 Å². The zero-order chi connectivity index (χ0) is 14.4. The number of phenolic OH excluding ortho intramolecular Hbond substituents is 1. The van der Waals surface area contributed by atoms with Gasteiger partial charge in [0.25, 0.3) is 0 Å². The molecule has 0 fully saturated rings. The minimum absolute atomic E-state index is 0.0863. The quantitative estimate of drug-likeness (QED) is 0.777. The fourth-order valence-corrected chi connectivity index (χ4v) is 1.80. The van der Waals surface area contributed by atoms with Gasteiger partial charge in [0.05, 0.1) is 7.11 Å². The molecule has 5 heteroatoms. The van der Waals surface area contributed by atoms with E-state index in [9.17, 15) is 14.3 Å². The van der Waals surface area contributed by atoms with Gasteiger partial charge >= 0.3 is 5.97 Å². The number of carbonyl (C=O) groups is 1. The van der Waals surface area contributed by atoms with Gasteiger partial charge in [-0.25, -0.2) is 4.39 Å². The van der Waals surface area contributed by atoms with Crippen LogP contribution < -0.4 is 5.32 Å². The van der Waals surface area contributed by atoms with Crippen LogP contribution >= 0.6 is 0 Å². The molecular weight excluding hydrogens is 249 g/mol. The third-order valence-electron chi connectivity index (χ3n) is 3.25. The minimum Gasteiger partial charge on any atom is -0.505 e. The Morgan fingerprint density at radius 1 is 1.53 bits per heavy atom. The van der Waals surface area contributed by atoms with Crippen molar-refractivity contribution in [1.82, 2.24) is 5.32 Å². The first-order valence-corrected chi connectivity index (χ1v) is 6.28. The second kappa shape index (κ2) is 7.09. The molecule has 106 valence electrons. The number of benzene rings is 1. The van der Waals surface area contributed by atoms with Crippen molar-refractivity contribution in [1.29, 1.82) is 0 Å². The van der Waals surface area contributed by atoms with Crippen LogP contribution in [0.4, 0.5) is 4.39 Å². The Morgan fingerprint density at radius 2 is 2.21 bits per heavy atom. The highest BCUT2D eigenvalue weighted by molar-refractivity contribution is 5.76. The van der Waals surface area contributed by atoms with Crippen molar-refractivity contribution in [3.63, 3.8) is 0 Å². The first-order valence-electron chi connectivity index (χ1n) is 6.28. The monoisotopic (exact) mass is 269 g/mol. The maximum atomic E-state index is 13.2. The summed E-state index contributed by atoms with van der Waals surface area (Å²) >= 11 is 0. The van der Waals surface area contributed by atoms with Gasteiger partial charge in [0.15, 0.2) is 11.6 Å². The Labute approximate surface area is 112 Å². The number of para-hydroxylation sites is 1. The molecule has 1 rings (SSSR count). The molecule has 1 aromatic rings. The average molecular weight is 269 g/mol. The van der Waals surface area contributed by atoms with Crippen molar-refractivity contribution in [2.75, 3.05) is 7.11 Å². The molecule has 2 unspecified atom stereocenters. The summed E-state index contributed by atoms with van der Waals surface area (Å²) in [5.41, 5.74) is 0.414. The number of nitrogens with one attached hydrogen (secondary N) is 1. The number of phenols is 1. The first kappa shape index (κ1) is 15.4. The van der Waals surface area contributed by atoms with Crippen LogP contribution in [0.2, 0.25) is 0 Å². The molecule has 0 saturated heterocycles. The van der Waals surface area contributed by atoms with Gasteiger partial charge in [0.1, 0.15) is 6.04 Å². The third kappa shape index (κ3) is 3.92. The summed E-state index contributed by atoms with van der Waals surface area (Å²) in [5.74, 6) is -1.33. The van der Waals surface area contributed by atoms with E-state index in [0.29, 0.717) is 5.56 Å². The van der Waals surface area contributed by atoms with Gasteiger partial charge in [0, 0.05) is 12.1 Å². The van der Waals surface area contributed by atoms with Crippen molar-refractivity contribution in [2.45, 2.75) is 32.9 Å². The summed E-state index contributed by atoms with van der Waals surface area (Å²) in [6.45, 7) is 4.11. The molecule has 1 aromatic carbocycles. The molecule has 0 aliphatic rings. The number of carbonyl (C=O) groups excluding carboxylic acids is 1. The molecule has 0 aliphatic carbocycles. The van der Waals surface area contributed by atoms with Crippen LogP contribution in [0, 0.1) is 11.7 Å². The third-order valence-corrected chi connectivity index (χ3v) is 3.25. The van der Waals surface area contributed by atoms with Crippen molar-refractivity contribution < 1.29 is 19.0 Å². The number of aromatic hydroxyl groups is 1. The van der Waals surface area contributed by atoms with Crippen molar-refractivity contribution >= 4 is 5.97 Å². The number of esters is 1. The van der Waals surface area contributed by atoms with Crippen LogP contribution in [0.1, 0.15) is 25.8 Å². The van der Waals surface area contributed by atoms with Gasteiger partial charge in [0.2, 0.25) is 0 Å². The smallest absolute Gasteiger partial charge is 0.323 e. The lowest BCUT2D eigenvalue weighted by Gasteiger charge is -2.22. The predicted octanol–water partition coefficient (Wildman–Crippen LogP) is 2.21. The molecule has 0 aromatic heterocycles. The maximum Gasteiger partial charge on any atom is 0.323 e. The first-order chi connectivity index (χ1) is 9.01. The average Bonchev–Trinajstić information content (AvgIpc) is 2.42. The van der Waals surface area contributed by atoms with Crippen molar-refractivity contribution in [3.8, 4) is 5.75 Å². The van der Waals surface area contributed by atoms with E-state index < -0.39 is 11.9 Å². The molecule has 0 saturated carbocycles. The van der Waals surface area contributed by atoms with E-state index in [2.05, 4.69) is 5.32 Å². The Balaban J connectivity index is 2.76. The highest BCUT2D eigenvalue weighted by Crippen LogP contribution is 2.21. The van der Waals surface area contributed by atoms with Crippen LogP contribution in [0.3, 0.4) is 0 Å². The molecule has 2 atom stereocenters. The number of halogens is 1. The van der Waals surface area contributed by atoms with Gasteiger partial charge in [-0.05, 0) is 12.0 Å². The molecule has 0 bridgehead atoms. The van der Waals surface area contributed by atoms with E-state index in [4.69, 9.17) is 4.74 Å². The van der Waals surface area contributed by atoms with E-state index in [1.54, 1.807) is 6.07 Å². The number of hydrogen-bond acceptors (Lipinski definition) is 4. The van der Waals surface area contributed by atoms with Gasteiger partial charge in [-0.2, -0.15) is 0 Å². The Kier molecular flexibility index (Phi) is 5.76. The van der Waals surface area contributed by atoms with E-state index in [0.717, 1.165) is 6.42 Å². The summed E-state index contributed by atoms with van der Waals surface area (Å²) < 4.78 is 17.9. The molecule has 0 aliphatic heterocycles. The van der Waals surface area contributed by atoms with Gasteiger partial charge in [-0.15, -0.1) is 0 Å². The van der Waals surface area contributed by atoms with Crippen molar-refractivity contribution in [2.24, 2.45) is 5.92 Å².